The summed E-state index contributed by atoms with van der Waals surface area (Å²) in [4.78, 5) is 36.4. The zero-order chi connectivity index (χ0) is 25.5. The molecular weight excluding hydrogens is 489 g/mol. The van der Waals surface area contributed by atoms with E-state index in [-0.39, 0.29) is 30.2 Å². The van der Waals surface area contributed by atoms with Gasteiger partial charge in [0, 0.05) is 6.92 Å². The predicted molar refractivity (Wildman–Crippen MR) is 116 cm³/mol. The average Bonchev–Trinajstić information content (AvgIpc) is 3.29. The number of nitrogens with two attached hydrogens (primary N) is 1. The fourth-order valence-corrected chi connectivity index (χ4v) is 5.40. The van der Waals surface area contributed by atoms with Gasteiger partial charge >= 0.3 is 19.8 Å². The summed E-state index contributed by atoms with van der Waals surface area (Å²) >= 11 is 0. The Morgan fingerprint density at radius 2 is 2.11 bits per heavy atom. The van der Waals surface area contributed by atoms with Crippen molar-refractivity contribution in [3.8, 4) is 5.88 Å². The van der Waals surface area contributed by atoms with Crippen LogP contribution >= 0.6 is 7.82 Å². The number of rotatable bonds is 7. The topological polar surface area (TPSA) is 185 Å². The number of phosphoric acid groups is 1. The SMILES string of the molecule is COc1nc(N)nc2c1ncn2[C@@H]1O[C@@H]2CO[P@](=O)(OCC(=O)OC(C)C)O[C@H]2[C@@]1(C)OC(C)=O. The molecule has 15 nitrogen and oxygen atoms in total. The van der Waals surface area contributed by atoms with Gasteiger partial charge in [-0.3, -0.25) is 22.9 Å². The highest BCUT2D eigenvalue weighted by atomic mass is 31.2. The molecule has 35 heavy (non-hydrogen) atoms. The first-order valence-electron chi connectivity index (χ1n) is 10.6. The molecule has 0 aromatic carbocycles. The molecule has 192 valence electrons. The van der Waals surface area contributed by atoms with Gasteiger partial charge in [-0.15, -0.1) is 0 Å². The van der Waals surface area contributed by atoms with Gasteiger partial charge in [-0.2, -0.15) is 9.97 Å². The molecule has 0 bridgehead atoms. The standard InChI is InChI=1S/C19H26N5O10P/c1-9(2)31-12(26)7-30-35(27)29-6-11-14(34-35)19(4,33-10(3)25)17(32-11)24-8-21-13-15(24)22-18(20)23-16(13)28-5/h8-9,11,14,17H,6-7H2,1-5H3,(H2,20,22,23)/t11-,14-,17-,19-,35-/m1/s1. The quantitative estimate of drug-likeness (QED) is 0.408. The van der Waals surface area contributed by atoms with Gasteiger partial charge in [0.2, 0.25) is 11.8 Å². The van der Waals surface area contributed by atoms with Crippen LogP contribution < -0.4 is 10.5 Å². The molecule has 2 saturated heterocycles. The lowest BCUT2D eigenvalue weighted by Crippen LogP contribution is -2.50. The number of phosphoric ester groups is 1. The van der Waals surface area contributed by atoms with Gasteiger partial charge in [-0.25, -0.2) is 14.3 Å². The second-order valence-corrected chi connectivity index (χ2v) is 9.92. The van der Waals surface area contributed by atoms with E-state index in [4.69, 9.17) is 38.3 Å². The smallest absolute Gasteiger partial charge is 0.475 e. The van der Waals surface area contributed by atoms with Crippen molar-refractivity contribution in [2.75, 3.05) is 26.1 Å². The van der Waals surface area contributed by atoms with E-state index >= 15 is 0 Å². The number of ether oxygens (including phenoxy) is 4. The molecule has 0 saturated carbocycles. The van der Waals surface area contributed by atoms with Gasteiger partial charge in [-0.1, -0.05) is 0 Å². The third kappa shape index (κ3) is 4.82. The normalized spacial score (nSPS) is 30.3. The van der Waals surface area contributed by atoms with Crippen LogP contribution in [0.4, 0.5) is 5.95 Å². The molecule has 2 aliphatic rings. The van der Waals surface area contributed by atoms with Crippen LogP contribution in [0.3, 0.4) is 0 Å². The van der Waals surface area contributed by atoms with Crippen molar-refractivity contribution >= 4 is 36.9 Å². The first kappa shape index (κ1) is 25.3. The summed E-state index contributed by atoms with van der Waals surface area (Å²) in [6, 6.07) is 0. The number of hydrogen-bond acceptors (Lipinski definition) is 14. The monoisotopic (exact) mass is 515 g/mol. The van der Waals surface area contributed by atoms with E-state index in [2.05, 4.69) is 15.0 Å². The fraction of sp³-hybridized carbons (Fsp3) is 0.632. The third-order valence-electron chi connectivity index (χ3n) is 5.26. The number of carbonyl (C=O) groups excluding carboxylic acids is 2. The fourth-order valence-electron chi connectivity index (χ4n) is 3.99. The Morgan fingerprint density at radius 1 is 1.37 bits per heavy atom. The maximum absolute atomic E-state index is 13.1. The molecule has 0 radical (unpaired) electrons. The van der Waals surface area contributed by atoms with Crippen LogP contribution in [0.2, 0.25) is 0 Å². The highest BCUT2D eigenvalue weighted by Gasteiger charge is 2.63. The molecule has 5 atom stereocenters. The molecule has 2 aliphatic heterocycles. The molecule has 2 N–H and O–H groups in total. The van der Waals surface area contributed by atoms with E-state index in [1.165, 1.54) is 24.9 Å². The van der Waals surface area contributed by atoms with Crippen molar-refractivity contribution in [3.63, 3.8) is 0 Å². The summed E-state index contributed by atoms with van der Waals surface area (Å²) in [5.74, 6) is -1.33. The van der Waals surface area contributed by atoms with Crippen molar-refractivity contribution in [2.45, 2.75) is 57.8 Å². The first-order valence-corrected chi connectivity index (χ1v) is 12.1. The minimum absolute atomic E-state index is 0.0773. The van der Waals surface area contributed by atoms with Crippen molar-refractivity contribution in [1.82, 2.24) is 19.5 Å². The van der Waals surface area contributed by atoms with Gasteiger partial charge in [0.15, 0.2) is 29.6 Å². The number of esters is 2. The molecule has 0 aliphatic carbocycles. The Hall–Kier alpha value is -2.84. The average molecular weight is 515 g/mol. The number of imidazole rings is 1. The Morgan fingerprint density at radius 3 is 2.77 bits per heavy atom. The zero-order valence-electron chi connectivity index (χ0n) is 19.7. The van der Waals surface area contributed by atoms with Crippen LogP contribution in [0.25, 0.3) is 11.2 Å². The second-order valence-electron chi connectivity index (χ2n) is 8.30. The Bertz CT molecular complexity index is 1190. The minimum Gasteiger partial charge on any atom is -0.479 e. The van der Waals surface area contributed by atoms with Crippen LogP contribution in [-0.4, -0.2) is 75.7 Å². The van der Waals surface area contributed by atoms with E-state index in [0.717, 1.165) is 0 Å². The van der Waals surface area contributed by atoms with Crippen molar-refractivity contribution < 1.29 is 46.7 Å². The number of nitrogens with zero attached hydrogens (tertiary/aromatic N) is 4. The van der Waals surface area contributed by atoms with Crippen molar-refractivity contribution in [1.29, 1.82) is 0 Å². The molecule has 2 fully saturated rings. The molecular formula is C19H26N5O10P. The van der Waals surface area contributed by atoms with Gasteiger partial charge in [0.25, 0.3) is 0 Å². The number of hydrogen-bond donors (Lipinski definition) is 1. The summed E-state index contributed by atoms with van der Waals surface area (Å²) < 4.78 is 52.7. The van der Waals surface area contributed by atoms with E-state index in [0.29, 0.717) is 5.52 Å². The lowest BCUT2D eigenvalue weighted by molar-refractivity contribution is -0.175. The summed E-state index contributed by atoms with van der Waals surface area (Å²) in [5, 5.41) is 0. The van der Waals surface area contributed by atoms with Crippen LogP contribution in [0, 0.1) is 0 Å². The largest absolute Gasteiger partial charge is 0.479 e. The van der Waals surface area contributed by atoms with E-state index in [1.54, 1.807) is 20.8 Å². The Labute approximate surface area is 199 Å². The van der Waals surface area contributed by atoms with Crippen LogP contribution in [0.1, 0.15) is 33.9 Å². The molecule has 0 unspecified atom stereocenters. The highest BCUT2D eigenvalue weighted by Crippen LogP contribution is 2.59. The minimum atomic E-state index is -4.24. The maximum Gasteiger partial charge on any atom is 0.475 e. The van der Waals surface area contributed by atoms with Crippen LogP contribution in [0.15, 0.2) is 6.33 Å². The maximum atomic E-state index is 13.1. The summed E-state index contributed by atoms with van der Waals surface area (Å²) in [6.45, 7) is 5.17. The third-order valence-corrected chi connectivity index (χ3v) is 6.66. The lowest BCUT2D eigenvalue weighted by Gasteiger charge is -2.37. The lowest BCUT2D eigenvalue weighted by atomic mass is 9.96. The number of methoxy groups -OCH3 is 1. The number of nitrogen functional groups attached to an aromatic ring is 1. The molecule has 16 heteroatoms. The second kappa shape index (κ2) is 9.32. The molecule has 2 aromatic rings. The van der Waals surface area contributed by atoms with E-state index in [9.17, 15) is 14.2 Å². The first-order chi connectivity index (χ1) is 16.5. The zero-order valence-corrected chi connectivity index (χ0v) is 20.6. The Balaban J connectivity index is 1.66. The molecule has 0 spiro atoms. The predicted octanol–water partition coefficient (Wildman–Crippen LogP) is 1.13. The number of anilines is 1. The van der Waals surface area contributed by atoms with Gasteiger partial charge < -0.3 is 24.7 Å². The number of carbonyl (C=O) groups is 2. The van der Waals surface area contributed by atoms with Gasteiger partial charge in [0.1, 0.15) is 12.2 Å². The summed E-state index contributed by atoms with van der Waals surface area (Å²) in [7, 11) is -2.83. The number of fused-ring (bicyclic) bond motifs is 2. The van der Waals surface area contributed by atoms with Gasteiger partial charge in [0.05, 0.1) is 26.1 Å². The highest BCUT2D eigenvalue weighted by molar-refractivity contribution is 7.48. The molecule has 2 aromatic heterocycles. The molecule has 4 heterocycles. The van der Waals surface area contributed by atoms with Crippen molar-refractivity contribution in [2.24, 2.45) is 0 Å². The summed E-state index contributed by atoms with van der Waals surface area (Å²) in [5.41, 5.74) is 4.80. The van der Waals surface area contributed by atoms with Crippen LogP contribution in [0.5, 0.6) is 5.88 Å². The summed E-state index contributed by atoms with van der Waals surface area (Å²) in [6.07, 6.45) is -1.97. The molecule has 4 rings (SSSR count). The molecule has 0 amide bonds. The van der Waals surface area contributed by atoms with Crippen molar-refractivity contribution in [3.05, 3.63) is 6.33 Å². The van der Waals surface area contributed by atoms with E-state index in [1.807, 2.05) is 0 Å². The Kier molecular flexibility index (Phi) is 6.72. The van der Waals surface area contributed by atoms with Crippen LogP contribution in [-0.2, 0) is 41.9 Å². The van der Waals surface area contributed by atoms with E-state index < -0.39 is 50.4 Å². The van der Waals surface area contributed by atoms with Gasteiger partial charge in [-0.05, 0) is 20.8 Å². The number of aromatic nitrogens is 4.